The van der Waals surface area contributed by atoms with Crippen LogP contribution in [0.25, 0.3) is 0 Å². The van der Waals surface area contributed by atoms with Gasteiger partial charge in [0.25, 0.3) is 0 Å². The van der Waals surface area contributed by atoms with Gasteiger partial charge in [0.1, 0.15) is 5.69 Å². The number of ether oxygens (including phenoxy) is 1. The first-order valence-electron chi connectivity index (χ1n) is 6.55. The Kier molecular flexibility index (Phi) is 4.57. The van der Waals surface area contributed by atoms with Crippen LogP contribution in [0.5, 0.6) is 0 Å². The summed E-state index contributed by atoms with van der Waals surface area (Å²) in [5, 5.41) is 11.5. The first-order chi connectivity index (χ1) is 9.24. The molecule has 1 saturated heterocycles. The van der Waals surface area contributed by atoms with Crippen LogP contribution in [0.1, 0.15) is 25.5 Å². The van der Waals surface area contributed by atoms with Gasteiger partial charge in [-0.05, 0) is 31.9 Å². The maximum absolute atomic E-state index is 8.58. The molecule has 0 atom stereocenters. The lowest BCUT2D eigenvalue weighted by Gasteiger charge is -2.33. The van der Waals surface area contributed by atoms with Gasteiger partial charge in [-0.2, -0.15) is 0 Å². The highest BCUT2D eigenvalue weighted by Crippen LogP contribution is 2.20. The van der Waals surface area contributed by atoms with E-state index in [0.29, 0.717) is 11.8 Å². The van der Waals surface area contributed by atoms with Gasteiger partial charge in [-0.15, -0.1) is 0 Å². The Morgan fingerprint density at radius 3 is 2.79 bits per heavy atom. The van der Waals surface area contributed by atoms with E-state index in [1.807, 2.05) is 13.0 Å². The standard InChI is InChI=1S/C13H20N4O2/c1-2-19-11-5-7-17(8-6-11)10-3-4-12(15-9-10)13(14)16-18/h3-4,9,11,18H,2,5-8H2,1H3,(H2,14,16). The molecule has 0 unspecified atom stereocenters. The van der Waals surface area contributed by atoms with Crippen molar-refractivity contribution in [3.8, 4) is 0 Å². The molecule has 2 heterocycles. The fraction of sp³-hybridized carbons (Fsp3) is 0.538. The summed E-state index contributed by atoms with van der Waals surface area (Å²) in [6, 6.07) is 3.71. The fourth-order valence-corrected chi connectivity index (χ4v) is 2.29. The maximum atomic E-state index is 8.58. The summed E-state index contributed by atoms with van der Waals surface area (Å²) in [6.45, 7) is 4.74. The molecule has 19 heavy (non-hydrogen) atoms. The van der Waals surface area contributed by atoms with Crippen LogP contribution in [0.2, 0.25) is 0 Å². The third-order valence-corrected chi connectivity index (χ3v) is 3.33. The van der Waals surface area contributed by atoms with Gasteiger partial charge in [-0.25, -0.2) is 0 Å². The van der Waals surface area contributed by atoms with Crippen molar-refractivity contribution in [2.75, 3.05) is 24.6 Å². The predicted molar refractivity (Wildman–Crippen MR) is 73.6 cm³/mol. The highest BCUT2D eigenvalue weighted by Gasteiger charge is 2.19. The molecular weight excluding hydrogens is 244 g/mol. The van der Waals surface area contributed by atoms with Crippen molar-refractivity contribution in [3.63, 3.8) is 0 Å². The van der Waals surface area contributed by atoms with Crippen LogP contribution < -0.4 is 10.6 Å². The van der Waals surface area contributed by atoms with Crippen LogP contribution >= 0.6 is 0 Å². The number of hydrogen-bond acceptors (Lipinski definition) is 5. The van der Waals surface area contributed by atoms with E-state index < -0.39 is 0 Å². The Morgan fingerprint density at radius 1 is 1.53 bits per heavy atom. The molecule has 104 valence electrons. The molecule has 2 rings (SSSR count). The quantitative estimate of drug-likeness (QED) is 0.369. The molecule has 6 heteroatoms. The van der Waals surface area contributed by atoms with Crippen molar-refractivity contribution in [2.45, 2.75) is 25.9 Å². The monoisotopic (exact) mass is 264 g/mol. The Labute approximate surface area is 112 Å². The van der Waals surface area contributed by atoms with Gasteiger partial charge in [0, 0.05) is 19.7 Å². The minimum atomic E-state index is 0.0293. The zero-order valence-electron chi connectivity index (χ0n) is 11.1. The molecule has 0 saturated carbocycles. The number of nitrogens with two attached hydrogens (primary N) is 1. The SMILES string of the molecule is CCOC1CCN(c2ccc(/C(N)=N/O)nc2)CC1. The van der Waals surface area contributed by atoms with Gasteiger partial charge in [0.05, 0.1) is 18.0 Å². The maximum Gasteiger partial charge on any atom is 0.188 e. The lowest BCUT2D eigenvalue weighted by molar-refractivity contribution is 0.0459. The van der Waals surface area contributed by atoms with Crippen molar-refractivity contribution in [1.82, 2.24) is 4.98 Å². The zero-order valence-corrected chi connectivity index (χ0v) is 11.1. The van der Waals surface area contributed by atoms with E-state index in [-0.39, 0.29) is 5.84 Å². The van der Waals surface area contributed by atoms with E-state index >= 15 is 0 Å². The van der Waals surface area contributed by atoms with E-state index in [0.717, 1.165) is 38.2 Å². The number of piperidine rings is 1. The van der Waals surface area contributed by atoms with Crippen molar-refractivity contribution < 1.29 is 9.94 Å². The van der Waals surface area contributed by atoms with Gasteiger partial charge in [-0.3, -0.25) is 4.98 Å². The Bertz CT molecular complexity index is 425. The summed E-state index contributed by atoms with van der Waals surface area (Å²) >= 11 is 0. The summed E-state index contributed by atoms with van der Waals surface area (Å²) in [5.41, 5.74) is 7.02. The van der Waals surface area contributed by atoms with Crippen molar-refractivity contribution >= 4 is 11.5 Å². The summed E-state index contributed by atoms with van der Waals surface area (Å²) in [7, 11) is 0. The largest absolute Gasteiger partial charge is 0.409 e. The normalized spacial score (nSPS) is 17.7. The van der Waals surface area contributed by atoms with E-state index in [4.69, 9.17) is 15.7 Å². The molecule has 1 aromatic rings. The molecule has 0 aliphatic carbocycles. The zero-order chi connectivity index (χ0) is 13.7. The summed E-state index contributed by atoms with van der Waals surface area (Å²) in [5.74, 6) is 0.0293. The first-order valence-corrected chi connectivity index (χ1v) is 6.55. The first kappa shape index (κ1) is 13.6. The summed E-state index contributed by atoms with van der Waals surface area (Å²) < 4.78 is 5.63. The molecule has 0 amide bonds. The van der Waals surface area contributed by atoms with Crippen molar-refractivity contribution in [3.05, 3.63) is 24.0 Å². The molecule has 0 aromatic carbocycles. The van der Waals surface area contributed by atoms with E-state index in [9.17, 15) is 0 Å². The van der Waals surface area contributed by atoms with Gasteiger partial charge in [-0.1, -0.05) is 5.16 Å². The number of amidine groups is 1. The molecule has 3 N–H and O–H groups in total. The molecule has 0 radical (unpaired) electrons. The fourth-order valence-electron chi connectivity index (χ4n) is 2.29. The average Bonchev–Trinajstić information content (AvgIpc) is 2.48. The average molecular weight is 264 g/mol. The van der Waals surface area contributed by atoms with Crippen LogP contribution in [0.4, 0.5) is 5.69 Å². The predicted octanol–water partition coefficient (Wildman–Crippen LogP) is 1.18. The van der Waals surface area contributed by atoms with E-state index in [1.165, 1.54) is 0 Å². The number of hydrogen-bond donors (Lipinski definition) is 2. The van der Waals surface area contributed by atoms with Gasteiger partial charge in [0.2, 0.25) is 0 Å². The van der Waals surface area contributed by atoms with Crippen LogP contribution in [0.15, 0.2) is 23.5 Å². The Morgan fingerprint density at radius 2 is 2.26 bits per heavy atom. The molecule has 1 aliphatic heterocycles. The lowest BCUT2D eigenvalue weighted by Crippen LogP contribution is -2.37. The number of oxime groups is 1. The Balaban J connectivity index is 1.96. The minimum Gasteiger partial charge on any atom is -0.409 e. The van der Waals surface area contributed by atoms with Gasteiger partial charge >= 0.3 is 0 Å². The highest BCUT2D eigenvalue weighted by atomic mass is 16.5. The number of nitrogens with zero attached hydrogens (tertiary/aromatic N) is 3. The molecule has 1 fully saturated rings. The summed E-state index contributed by atoms with van der Waals surface area (Å²) in [6.07, 6.45) is 4.21. The topological polar surface area (TPSA) is 84.0 Å². The third-order valence-electron chi connectivity index (χ3n) is 3.33. The number of aromatic nitrogens is 1. The number of anilines is 1. The highest BCUT2D eigenvalue weighted by molar-refractivity contribution is 5.95. The molecule has 0 bridgehead atoms. The second-order valence-electron chi connectivity index (χ2n) is 4.53. The van der Waals surface area contributed by atoms with Gasteiger partial charge < -0.3 is 20.6 Å². The van der Waals surface area contributed by atoms with Crippen molar-refractivity contribution in [2.24, 2.45) is 10.9 Å². The molecule has 0 spiro atoms. The van der Waals surface area contributed by atoms with E-state index in [2.05, 4.69) is 15.0 Å². The third kappa shape index (κ3) is 3.35. The molecule has 1 aliphatic rings. The molecule has 6 nitrogen and oxygen atoms in total. The van der Waals surface area contributed by atoms with Crippen LogP contribution in [0, 0.1) is 0 Å². The smallest absolute Gasteiger partial charge is 0.188 e. The molecule has 1 aromatic heterocycles. The van der Waals surface area contributed by atoms with Crippen molar-refractivity contribution in [1.29, 1.82) is 0 Å². The minimum absolute atomic E-state index is 0.0293. The lowest BCUT2D eigenvalue weighted by atomic mass is 10.1. The number of pyridine rings is 1. The van der Waals surface area contributed by atoms with Crippen LogP contribution in [-0.2, 0) is 4.74 Å². The van der Waals surface area contributed by atoms with Crippen LogP contribution in [0.3, 0.4) is 0 Å². The second kappa shape index (κ2) is 6.38. The number of rotatable bonds is 4. The Hall–Kier alpha value is -1.82. The second-order valence-corrected chi connectivity index (χ2v) is 4.53. The molecular formula is C13H20N4O2. The van der Waals surface area contributed by atoms with Gasteiger partial charge in [0.15, 0.2) is 5.84 Å². The van der Waals surface area contributed by atoms with E-state index in [1.54, 1.807) is 12.3 Å². The summed E-state index contributed by atoms with van der Waals surface area (Å²) in [4.78, 5) is 6.47. The van der Waals surface area contributed by atoms with Crippen LogP contribution in [-0.4, -0.2) is 41.8 Å².